The maximum atomic E-state index is 6.08. The van der Waals surface area contributed by atoms with Gasteiger partial charge in [-0.05, 0) is 20.8 Å². The summed E-state index contributed by atoms with van der Waals surface area (Å²) in [5, 5.41) is -0.385. The first-order chi connectivity index (χ1) is 6.66. The van der Waals surface area contributed by atoms with Gasteiger partial charge >= 0.3 is 8.80 Å². The largest absolute Gasteiger partial charge is 0.521 e. The Balaban J connectivity index is 4.53. The lowest BCUT2D eigenvalue weighted by Gasteiger charge is -2.31. The predicted molar refractivity (Wildman–Crippen MR) is 61.0 cm³/mol. The van der Waals surface area contributed by atoms with Crippen LogP contribution in [-0.4, -0.2) is 39.5 Å². The Morgan fingerprint density at radius 1 is 1.00 bits per heavy atom. The van der Waals surface area contributed by atoms with Crippen molar-refractivity contribution in [3.8, 4) is 0 Å². The molecule has 0 aliphatic heterocycles. The molecule has 0 heterocycles. The minimum atomic E-state index is -2.77. The molecule has 1 unspecified atom stereocenters. The van der Waals surface area contributed by atoms with Crippen LogP contribution in [0.2, 0.25) is 0 Å². The molecule has 0 aromatic carbocycles. The number of rotatable bonds is 8. The molecule has 0 aliphatic carbocycles. The van der Waals surface area contributed by atoms with Gasteiger partial charge in [0.25, 0.3) is 0 Å². The molecule has 0 bridgehead atoms. The van der Waals surface area contributed by atoms with E-state index in [4.69, 9.17) is 36.5 Å². The number of alkyl halides is 2. The fourth-order valence-corrected chi connectivity index (χ4v) is 4.42. The molecule has 0 fully saturated rings. The van der Waals surface area contributed by atoms with Crippen LogP contribution in [0.15, 0.2) is 0 Å². The molecule has 0 aliphatic rings. The van der Waals surface area contributed by atoms with Crippen LogP contribution in [0.4, 0.5) is 0 Å². The Labute approximate surface area is 97.0 Å². The quantitative estimate of drug-likeness (QED) is 0.496. The molecule has 3 nitrogen and oxygen atoms in total. The standard InChI is InChI=1S/C8H18Cl2O3Si/c1-4-11-14(12-5-2,13-6-3)8(10)7-9/h8H,4-7H2,1-3H3. The van der Waals surface area contributed by atoms with E-state index < -0.39 is 8.80 Å². The van der Waals surface area contributed by atoms with Gasteiger partial charge in [0.1, 0.15) is 5.00 Å². The summed E-state index contributed by atoms with van der Waals surface area (Å²) in [5.41, 5.74) is 0. The summed E-state index contributed by atoms with van der Waals surface area (Å²) in [6, 6.07) is 0. The third-order valence-electron chi connectivity index (χ3n) is 1.56. The highest BCUT2D eigenvalue weighted by molar-refractivity contribution is 6.72. The van der Waals surface area contributed by atoms with Crippen LogP contribution in [0.5, 0.6) is 0 Å². The van der Waals surface area contributed by atoms with E-state index in [1.54, 1.807) is 0 Å². The fraction of sp³-hybridized carbons (Fsp3) is 1.00. The van der Waals surface area contributed by atoms with Gasteiger partial charge in [0.05, 0.1) is 0 Å². The zero-order valence-corrected chi connectivity index (χ0v) is 11.4. The van der Waals surface area contributed by atoms with Gasteiger partial charge in [0.2, 0.25) is 0 Å². The van der Waals surface area contributed by atoms with Crippen molar-refractivity contribution < 1.29 is 13.3 Å². The molecule has 6 heteroatoms. The van der Waals surface area contributed by atoms with Gasteiger partial charge in [-0.25, -0.2) is 0 Å². The molecule has 86 valence electrons. The van der Waals surface area contributed by atoms with Crippen molar-refractivity contribution in [2.45, 2.75) is 25.8 Å². The Morgan fingerprint density at radius 3 is 1.57 bits per heavy atom. The van der Waals surface area contributed by atoms with Crippen LogP contribution in [0.1, 0.15) is 20.8 Å². The maximum Gasteiger partial charge on any atom is 0.521 e. The molecule has 0 amide bonds. The Hall–Kier alpha value is 0.677. The average Bonchev–Trinajstić information content (AvgIpc) is 2.17. The molecule has 0 saturated carbocycles. The Kier molecular flexibility index (Phi) is 8.28. The first kappa shape index (κ1) is 14.7. The lowest BCUT2D eigenvalue weighted by Crippen LogP contribution is -2.55. The molecule has 0 N–H and O–H groups in total. The van der Waals surface area contributed by atoms with Crippen LogP contribution in [0, 0.1) is 0 Å². The van der Waals surface area contributed by atoms with Crippen LogP contribution in [0.25, 0.3) is 0 Å². The molecule has 1 atom stereocenters. The number of hydrogen-bond donors (Lipinski definition) is 0. The van der Waals surface area contributed by atoms with Gasteiger partial charge in [-0.3, -0.25) is 0 Å². The van der Waals surface area contributed by atoms with E-state index in [-0.39, 0.29) is 10.9 Å². The molecule has 0 spiro atoms. The van der Waals surface area contributed by atoms with Crippen LogP contribution in [-0.2, 0) is 13.3 Å². The van der Waals surface area contributed by atoms with Gasteiger partial charge in [-0.2, -0.15) is 0 Å². The average molecular weight is 261 g/mol. The van der Waals surface area contributed by atoms with Gasteiger partial charge in [-0.15, -0.1) is 23.2 Å². The van der Waals surface area contributed by atoms with Crippen LogP contribution < -0.4 is 0 Å². The van der Waals surface area contributed by atoms with Crippen molar-refractivity contribution in [1.82, 2.24) is 0 Å². The van der Waals surface area contributed by atoms with E-state index in [0.29, 0.717) is 19.8 Å². The fourth-order valence-electron chi connectivity index (χ4n) is 1.09. The molecular formula is C8H18Cl2O3Si. The minimum Gasteiger partial charge on any atom is -0.373 e. The monoisotopic (exact) mass is 260 g/mol. The summed E-state index contributed by atoms with van der Waals surface area (Å²) >= 11 is 11.8. The third kappa shape index (κ3) is 4.04. The summed E-state index contributed by atoms with van der Waals surface area (Å²) in [4.78, 5) is 0. The Bertz CT molecular complexity index is 132. The van der Waals surface area contributed by atoms with Crippen molar-refractivity contribution in [3.63, 3.8) is 0 Å². The zero-order chi connectivity index (χ0) is 11.0. The van der Waals surface area contributed by atoms with Crippen molar-refractivity contribution in [1.29, 1.82) is 0 Å². The highest BCUT2D eigenvalue weighted by Crippen LogP contribution is 2.21. The van der Waals surface area contributed by atoms with Crippen LogP contribution >= 0.6 is 23.2 Å². The van der Waals surface area contributed by atoms with E-state index in [1.165, 1.54) is 0 Å². The van der Waals surface area contributed by atoms with E-state index in [2.05, 4.69) is 0 Å². The normalized spacial score (nSPS) is 14.4. The van der Waals surface area contributed by atoms with E-state index in [9.17, 15) is 0 Å². The van der Waals surface area contributed by atoms with Crippen molar-refractivity contribution in [2.75, 3.05) is 25.7 Å². The predicted octanol–water partition coefficient (Wildman–Crippen LogP) is 2.42. The third-order valence-corrected chi connectivity index (χ3v) is 6.28. The van der Waals surface area contributed by atoms with Crippen molar-refractivity contribution in [2.24, 2.45) is 0 Å². The summed E-state index contributed by atoms with van der Waals surface area (Å²) < 4.78 is 16.6. The molecule has 14 heavy (non-hydrogen) atoms. The number of hydrogen-bond acceptors (Lipinski definition) is 3. The van der Waals surface area contributed by atoms with Crippen LogP contribution in [0.3, 0.4) is 0 Å². The highest BCUT2D eigenvalue weighted by Gasteiger charge is 2.48. The zero-order valence-electron chi connectivity index (χ0n) is 8.89. The number of halogens is 2. The second-order valence-electron chi connectivity index (χ2n) is 2.52. The topological polar surface area (TPSA) is 27.7 Å². The smallest absolute Gasteiger partial charge is 0.373 e. The molecule has 0 aromatic rings. The van der Waals surface area contributed by atoms with E-state index in [0.717, 1.165) is 0 Å². The van der Waals surface area contributed by atoms with E-state index in [1.807, 2.05) is 20.8 Å². The van der Waals surface area contributed by atoms with Gasteiger partial charge in [0.15, 0.2) is 0 Å². The summed E-state index contributed by atoms with van der Waals surface area (Å²) in [6.45, 7) is 7.22. The summed E-state index contributed by atoms with van der Waals surface area (Å²) in [6.07, 6.45) is 0. The first-order valence-corrected chi connectivity index (χ1v) is 7.56. The minimum absolute atomic E-state index is 0.272. The lowest BCUT2D eigenvalue weighted by molar-refractivity contribution is 0.0704. The molecule has 0 aromatic heterocycles. The SMILES string of the molecule is CCO[Si](OCC)(OCC)C(Cl)CCl. The molecular weight excluding hydrogens is 243 g/mol. The first-order valence-electron chi connectivity index (χ1n) is 4.78. The van der Waals surface area contributed by atoms with Gasteiger partial charge in [-0.1, -0.05) is 0 Å². The molecule has 0 saturated heterocycles. The summed E-state index contributed by atoms with van der Waals surface area (Å²) in [7, 11) is -2.77. The molecule has 0 rings (SSSR count). The van der Waals surface area contributed by atoms with Crippen molar-refractivity contribution in [3.05, 3.63) is 0 Å². The summed E-state index contributed by atoms with van der Waals surface area (Å²) in [5.74, 6) is 0.272. The lowest BCUT2D eigenvalue weighted by atomic mass is 10.9. The Morgan fingerprint density at radius 2 is 1.36 bits per heavy atom. The van der Waals surface area contributed by atoms with E-state index >= 15 is 0 Å². The second-order valence-corrected chi connectivity index (χ2v) is 6.50. The second kappa shape index (κ2) is 7.90. The highest BCUT2D eigenvalue weighted by atomic mass is 35.5. The molecule has 0 radical (unpaired) electrons. The van der Waals surface area contributed by atoms with Gasteiger partial charge in [0, 0.05) is 25.7 Å². The van der Waals surface area contributed by atoms with Crippen molar-refractivity contribution >= 4 is 32.0 Å². The van der Waals surface area contributed by atoms with Gasteiger partial charge < -0.3 is 13.3 Å². The maximum absolute atomic E-state index is 6.08.